The maximum atomic E-state index is 12.9. The second kappa shape index (κ2) is 10.4. The molecule has 3 rings (SSSR count). The van der Waals surface area contributed by atoms with E-state index in [2.05, 4.69) is 0 Å². The van der Waals surface area contributed by atoms with E-state index in [1.165, 1.54) is 12.1 Å². The van der Waals surface area contributed by atoms with Crippen molar-refractivity contribution in [2.24, 2.45) is 11.7 Å². The first-order valence-electron chi connectivity index (χ1n) is 11.3. The predicted octanol–water partition coefficient (Wildman–Crippen LogP) is 4.01. The van der Waals surface area contributed by atoms with E-state index < -0.39 is 30.4 Å². The second-order valence-corrected chi connectivity index (χ2v) is 9.10. The van der Waals surface area contributed by atoms with Gasteiger partial charge in [-0.3, -0.25) is 4.79 Å². The summed E-state index contributed by atoms with van der Waals surface area (Å²) in [7, 11) is 0.481. The summed E-state index contributed by atoms with van der Waals surface area (Å²) in [6, 6.07) is 12.5. The van der Waals surface area contributed by atoms with E-state index in [1.807, 2.05) is 36.2 Å². The van der Waals surface area contributed by atoms with Crippen molar-refractivity contribution in [2.75, 3.05) is 11.9 Å². The van der Waals surface area contributed by atoms with E-state index in [0.29, 0.717) is 31.2 Å². The average Bonchev–Trinajstić information content (AvgIpc) is 2.75. The highest BCUT2D eigenvalue weighted by atomic mass is 19.4. The fourth-order valence-electron chi connectivity index (χ4n) is 4.62. The smallest absolute Gasteiger partial charge is 0.451 e. The second-order valence-electron chi connectivity index (χ2n) is 9.10. The Hall–Kier alpha value is -2.56. The summed E-state index contributed by atoms with van der Waals surface area (Å²) >= 11 is 0. The van der Waals surface area contributed by atoms with Crippen LogP contribution < -0.4 is 10.6 Å². The Balaban J connectivity index is 1.70. The average molecular weight is 478 g/mol. The van der Waals surface area contributed by atoms with Gasteiger partial charge >= 0.3 is 19.3 Å². The highest BCUT2D eigenvalue weighted by molar-refractivity contribution is 6.40. The van der Waals surface area contributed by atoms with E-state index in [4.69, 9.17) is 15.8 Å². The van der Waals surface area contributed by atoms with E-state index in [0.717, 1.165) is 23.4 Å². The van der Waals surface area contributed by atoms with Gasteiger partial charge in [-0.1, -0.05) is 43.2 Å². The molecule has 2 aromatic rings. The number of alkyl halides is 3. The third kappa shape index (κ3) is 5.74. The quantitative estimate of drug-likeness (QED) is 0.304. The largest absolute Gasteiger partial charge is 0.480 e. The molecule has 0 saturated heterocycles. The first-order chi connectivity index (χ1) is 15.9. The predicted molar refractivity (Wildman–Crippen MR) is 125 cm³/mol. The van der Waals surface area contributed by atoms with Gasteiger partial charge in [-0.2, -0.15) is 13.2 Å². The van der Waals surface area contributed by atoms with Crippen molar-refractivity contribution in [1.82, 2.24) is 0 Å². The summed E-state index contributed by atoms with van der Waals surface area (Å²) in [4.78, 5) is 14.0. The molecule has 1 aliphatic carbocycles. The number of hydrogen-bond donors (Lipinski definition) is 4. The molecule has 184 valence electrons. The lowest BCUT2D eigenvalue weighted by Crippen LogP contribution is -2.61. The Morgan fingerprint density at radius 3 is 2.26 bits per heavy atom. The molecule has 10 heteroatoms. The van der Waals surface area contributed by atoms with Crippen LogP contribution in [-0.2, 0) is 11.0 Å². The van der Waals surface area contributed by atoms with Crippen molar-refractivity contribution in [2.45, 2.75) is 56.2 Å². The first-order valence-corrected chi connectivity index (χ1v) is 11.3. The number of anilines is 1. The molecule has 1 saturated carbocycles. The van der Waals surface area contributed by atoms with Gasteiger partial charge in [-0.15, -0.1) is 0 Å². The highest BCUT2D eigenvalue weighted by Crippen LogP contribution is 2.43. The van der Waals surface area contributed by atoms with Crippen LogP contribution in [-0.4, -0.2) is 46.9 Å². The number of halogens is 3. The zero-order valence-corrected chi connectivity index (χ0v) is 19.0. The number of aliphatic carboxylic acids is 1. The maximum absolute atomic E-state index is 12.9. The SMILES string of the molecule is CN(c1ccccc1-c1ccc(C(F)(F)F)cc1)[C@H]1C[C@H]([C@@](N)(CCCCB(O)O)C(=O)O)C1. The van der Waals surface area contributed by atoms with E-state index in [-0.39, 0.29) is 24.7 Å². The molecule has 0 bridgehead atoms. The highest BCUT2D eigenvalue weighted by Gasteiger charge is 2.49. The Morgan fingerprint density at radius 1 is 1.09 bits per heavy atom. The van der Waals surface area contributed by atoms with Crippen LogP contribution in [0.25, 0.3) is 11.1 Å². The molecule has 0 radical (unpaired) electrons. The van der Waals surface area contributed by atoms with Gasteiger partial charge in [-0.05, 0) is 55.3 Å². The number of nitrogens with two attached hydrogens (primary N) is 1. The molecule has 6 nitrogen and oxygen atoms in total. The van der Waals surface area contributed by atoms with E-state index >= 15 is 0 Å². The monoisotopic (exact) mass is 478 g/mol. The molecule has 34 heavy (non-hydrogen) atoms. The van der Waals surface area contributed by atoms with E-state index in [1.54, 1.807) is 0 Å². The Bertz CT molecular complexity index is 981. The summed E-state index contributed by atoms with van der Waals surface area (Å²) < 4.78 is 38.8. The number of carbonyl (C=O) groups is 1. The van der Waals surface area contributed by atoms with Gasteiger partial charge in [0.05, 0.1) is 5.56 Å². The molecule has 1 atom stereocenters. The number of carboxylic acids is 1. The zero-order valence-electron chi connectivity index (χ0n) is 19.0. The number of benzene rings is 2. The number of rotatable bonds is 10. The summed E-state index contributed by atoms with van der Waals surface area (Å²) in [6.45, 7) is 0. The van der Waals surface area contributed by atoms with Crippen LogP contribution in [0, 0.1) is 5.92 Å². The van der Waals surface area contributed by atoms with Gasteiger partial charge in [0.25, 0.3) is 0 Å². The lowest BCUT2D eigenvalue weighted by Gasteiger charge is -2.48. The lowest BCUT2D eigenvalue weighted by molar-refractivity contribution is -0.148. The van der Waals surface area contributed by atoms with Crippen LogP contribution in [0.15, 0.2) is 48.5 Å². The molecule has 0 unspecified atom stereocenters. The maximum Gasteiger partial charge on any atom is 0.451 e. The Labute approximate surface area is 197 Å². The standard InChI is InChI=1S/C24H30BF3N2O4/c1-30(19-14-18(15-19)23(29,22(31)32)12-4-5-13-25(33)34)21-7-3-2-6-20(21)16-8-10-17(11-9-16)24(26,27)28/h2-3,6-11,18-19,33-34H,4-5,12-15,29H2,1H3,(H,31,32)/t18-,19-,23-/m0/s1. The molecule has 0 heterocycles. The minimum absolute atomic E-state index is 0.0436. The number of hydrogen-bond acceptors (Lipinski definition) is 5. The van der Waals surface area contributed by atoms with Crippen molar-refractivity contribution in [3.63, 3.8) is 0 Å². The number of para-hydroxylation sites is 1. The number of nitrogens with zero attached hydrogens (tertiary/aromatic N) is 1. The van der Waals surface area contributed by atoms with Crippen LogP contribution in [0.5, 0.6) is 0 Å². The van der Waals surface area contributed by atoms with Crippen molar-refractivity contribution < 1.29 is 33.1 Å². The number of carboxylic acid groups (broad SMARTS) is 1. The number of unbranched alkanes of at least 4 members (excludes halogenated alkanes) is 1. The third-order valence-corrected chi connectivity index (χ3v) is 6.90. The first kappa shape index (κ1) is 26.1. The van der Waals surface area contributed by atoms with Crippen LogP contribution in [0.3, 0.4) is 0 Å². The topological polar surface area (TPSA) is 107 Å². The molecule has 2 aromatic carbocycles. The van der Waals surface area contributed by atoms with Crippen molar-refractivity contribution in [3.8, 4) is 11.1 Å². The molecule has 1 fully saturated rings. The van der Waals surface area contributed by atoms with Crippen molar-refractivity contribution >= 4 is 18.8 Å². The summed E-state index contributed by atoms with van der Waals surface area (Å²) in [5, 5.41) is 27.7. The van der Waals surface area contributed by atoms with Gasteiger partial charge in [0.1, 0.15) is 5.54 Å². The summed E-state index contributed by atoms with van der Waals surface area (Å²) in [5.41, 5.74) is 6.52. The molecule has 0 aliphatic heterocycles. The molecule has 0 aromatic heterocycles. The van der Waals surface area contributed by atoms with Crippen LogP contribution in [0.1, 0.15) is 37.7 Å². The van der Waals surface area contributed by atoms with Gasteiger partial charge in [0.2, 0.25) is 0 Å². The fourth-order valence-corrected chi connectivity index (χ4v) is 4.62. The molecular formula is C24H30BF3N2O4. The zero-order chi connectivity index (χ0) is 25.1. The minimum atomic E-state index is -4.40. The van der Waals surface area contributed by atoms with Gasteiger partial charge in [-0.25, -0.2) is 0 Å². The fraction of sp³-hybridized carbons (Fsp3) is 0.458. The van der Waals surface area contributed by atoms with Crippen molar-refractivity contribution in [3.05, 3.63) is 54.1 Å². The van der Waals surface area contributed by atoms with Gasteiger partial charge in [0.15, 0.2) is 0 Å². The van der Waals surface area contributed by atoms with Crippen LogP contribution >= 0.6 is 0 Å². The normalized spacial score (nSPS) is 19.7. The minimum Gasteiger partial charge on any atom is -0.480 e. The molecular weight excluding hydrogens is 448 g/mol. The molecule has 5 N–H and O–H groups in total. The molecule has 0 amide bonds. The van der Waals surface area contributed by atoms with E-state index in [9.17, 15) is 23.1 Å². The summed E-state index contributed by atoms with van der Waals surface area (Å²) in [6.07, 6.45) is -1.88. The Kier molecular flexibility index (Phi) is 7.95. The summed E-state index contributed by atoms with van der Waals surface area (Å²) in [5.74, 6) is -1.29. The Morgan fingerprint density at radius 2 is 1.71 bits per heavy atom. The van der Waals surface area contributed by atoms with Gasteiger partial charge < -0.3 is 25.8 Å². The van der Waals surface area contributed by atoms with Crippen LogP contribution in [0.4, 0.5) is 18.9 Å². The van der Waals surface area contributed by atoms with Crippen LogP contribution in [0.2, 0.25) is 6.32 Å². The van der Waals surface area contributed by atoms with Gasteiger partial charge in [0, 0.05) is 24.3 Å². The molecule has 0 spiro atoms. The van der Waals surface area contributed by atoms with Crippen molar-refractivity contribution in [1.29, 1.82) is 0 Å². The lowest BCUT2D eigenvalue weighted by atomic mass is 9.65. The molecule has 1 aliphatic rings. The third-order valence-electron chi connectivity index (χ3n) is 6.90.